The van der Waals surface area contributed by atoms with Crippen molar-refractivity contribution in [1.29, 1.82) is 5.26 Å². The van der Waals surface area contributed by atoms with Gasteiger partial charge in [-0.2, -0.15) is 10.4 Å². The lowest BCUT2D eigenvalue weighted by molar-refractivity contribution is 1.29. The third-order valence-corrected chi connectivity index (χ3v) is 3.09. The topological polar surface area (TPSA) is 87.1 Å². The number of halogens is 1. The zero-order valence-corrected chi connectivity index (χ0v) is 10.7. The van der Waals surface area contributed by atoms with Crippen molar-refractivity contribution in [2.75, 3.05) is 11.2 Å². The zero-order valence-electron chi connectivity index (χ0n) is 9.09. The third kappa shape index (κ3) is 2.97. The molecule has 5 nitrogen and oxygen atoms in total. The van der Waals surface area contributed by atoms with E-state index in [4.69, 9.17) is 22.6 Å². The number of nitrogens with two attached hydrogens (primary N) is 1. The molecule has 18 heavy (non-hydrogen) atoms. The van der Waals surface area contributed by atoms with Gasteiger partial charge in [-0.1, -0.05) is 17.7 Å². The Hall–Kier alpha value is -2.10. The summed E-state index contributed by atoms with van der Waals surface area (Å²) in [6, 6.07) is 7.06. The first-order chi connectivity index (χ1) is 8.69. The number of hydrogen-bond donors (Lipinski definition) is 2. The smallest absolute Gasteiger partial charge is 0.205 e. The zero-order chi connectivity index (χ0) is 13.0. The summed E-state index contributed by atoms with van der Waals surface area (Å²) in [5.41, 5.74) is 9.45. The number of aromatic nitrogens is 1. The number of nitriles is 1. The van der Waals surface area contributed by atoms with Crippen molar-refractivity contribution < 1.29 is 0 Å². The lowest BCUT2D eigenvalue weighted by atomic mass is 10.2. The Balaban J connectivity index is 2.05. The Morgan fingerprint density at radius 1 is 1.56 bits per heavy atom. The molecule has 0 atom stereocenters. The average molecular weight is 278 g/mol. The molecule has 0 radical (unpaired) electrons. The van der Waals surface area contributed by atoms with Crippen molar-refractivity contribution in [1.82, 2.24) is 4.98 Å². The van der Waals surface area contributed by atoms with Gasteiger partial charge in [0.1, 0.15) is 11.9 Å². The van der Waals surface area contributed by atoms with Crippen LogP contribution in [0.25, 0.3) is 0 Å². The molecule has 0 aliphatic rings. The average Bonchev–Trinajstić information content (AvgIpc) is 2.75. The number of rotatable bonds is 3. The molecule has 0 fully saturated rings. The van der Waals surface area contributed by atoms with Gasteiger partial charge in [0, 0.05) is 5.38 Å². The van der Waals surface area contributed by atoms with Crippen LogP contribution in [0, 0.1) is 11.3 Å². The van der Waals surface area contributed by atoms with Crippen molar-refractivity contribution in [3.05, 3.63) is 39.7 Å². The third-order valence-electron chi connectivity index (χ3n) is 2.01. The highest BCUT2D eigenvalue weighted by Crippen LogP contribution is 2.17. The number of hydrogen-bond acceptors (Lipinski definition) is 6. The second-order valence-electron chi connectivity index (χ2n) is 3.30. The summed E-state index contributed by atoms with van der Waals surface area (Å²) in [5.74, 6) is 0.458. The van der Waals surface area contributed by atoms with Crippen LogP contribution in [0.2, 0.25) is 5.02 Å². The standard InChI is InChI=1S/C11H8ClN5S/c12-9-3-7(1-2-8(9)4-13)5-15-17-11-16-10(14)6-18-11/h1-3,5-6H,14H2,(H,16,17). The second kappa shape index (κ2) is 5.49. The van der Waals surface area contributed by atoms with Crippen LogP contribution in [0.5, 0.6) is 0 Å². The van der Waals surface area contributed by atoms with Gasteiger partial charge < -0.3 is 5.73 Å². The van der Waals surface area contributed by atoms with E-state index in [1.54, 1.807) is 29.8 Å². The maximum absolute atomic E-state index is 8.74. The van der Waals surface area contributed by atoms with Gasteiger partial charge in [0.15, 0.2) is 0 Å². The quantitative estimate of drug-likeness (QED) is 0.667. The van der Waals surface area contributed by atoms with Crippen molar-refractivity contribution in [2.24, 2.45) is 5.10 Å². The molecular weight excluding hydrogens is 270 g/mol. The van der Waals surface area contributed by atoms with Gasteiger partial charge in [-0.25, -0.2) is 4.98 Å². The molecule has 0 aliphatic heterocycles. The fraction of sp³-hybridized carbons (Fsp3) is 0. The van der Waals surface area contributed by atoms with Gasteiger partial charge in [-0.05, 0) is 17.7 Å². The minimum absolute atomic E-state index is 0.403. The number of nitrogens with zero attached hydrogens (tertiary/aromatic N) is 3. The fourth-order valence-corrected chi connectivity index (χ4v) is 1.98. The molecule has 3 N–H and O–H groups in total. The van der Waals surface area contributed by atoms with Gasteiger partial charge in [-0.15, -0.1) is 11.3 Å². The van der Waals surface area contributed by atoms with Crippen LogP contribution in [0.1, 0.15) is 11.1 Å². The highest BCUT2D eigenvalue weighted by molar-refractivity contribution is 7.14. The molecular formula is C11H8ClN5S. The lowest BCUT2D eigenvalue weighted by Crippen LogP contribution is -1.91. The Bertz CT molecular complexity index is 629. The van der Waals surface area contributed by atoms with Gasteiger partial charge in [0.25, 0.3) is 0 Å². The van der Waals surface area contributed by atoms with E-state index >= 15 is 0 Å². The van der Waals surface area contributed by atoms with Gasteiger partial charge >= 0.3 is 0 Å². The summed E-state index contributed by atoms with van der Waals surface area (Å²) in [5, 5.41) is 15.5. The predicted octanol–water partition coefficient (Wildman–Crippen LogP) is 2.70. The summed E-state index contributed by atoms with van der Waals surface area (Å²) < 4.78 is 0. The molecule has 0 saturated carbocycles. The molecule has 1 aromatic carbocycles. The van der Waals surface area contributed by atoms with Crippen LogP contribution in [0.4, 0.5) is 10.9 Å². The highest BCUT2D eigenvalue weighted by atomic mass is 35.5. The first-order valence-corrected chi connectivity index (χ1v) is 6.14. The first-order valence-electron chi connectivity index (χ1n) is 4.89. The van der Waals surface area contributed by atoms with Crippen LogP contribution in [-0.4, -0.2) is 11.2 Å². The number of anilines is 2. The van der Waals surface area contributed by atoms with Gasteiger partial charge in [0.05, 0.1) is 16.8 Å². The van der Waals surface area contributed by atoms with Crippen LogP contribution in [0.15, 0.2) is 28.7 Å². The first kappa shape index (κ1) is 12.4. The highest BCUT2D eigenvalue weighted by Gasteiger charge is 1.99. The number of nitrogen functional groups attached to an aromatic ring is 1. The SMILES string of the molecule is N#Cc1ccc(C=NNc2nc(N)cs2)cc1Cl. The lowest BCUT2D eigenvalue weighted by Gasteiger charge is -1.97. The molecule has 1 aromatic heterocycles. The molecule has 7 heteroatoms. The van der Waals surface area contributed by atoms with Crippen molar-refractivity contribution in [2.45, 2.75) is 0 Å². The van der Waals surface area contributed by atoms with E-state index in [1.165, 1.54) is 11.3 Å². The van der Waals surface area contributed by atoms with Crippen molar-refractivity contribution in [3.8, 4) is 6.07 Å². The van der Waals surface area contributed by atoms with Crippen LogP contribution < -0.4 is 11.2 Å². The molecule has 90 valence electrons. The Morgan fingerprint density at radius 3 is 3.00 bits per heavy atom. The largest absolute Gasteiger partial charge is 0.383 e. The maximum Gasteiger partial charge on any atom is 0.205 e. The second-order valence-corrected chi connectivity index (χ2v) is 4.56. The summed E-state index contributed by atoms with van der Waals surface area (Å²) in [6.07, 6.45) is 1.59. The Kier molecular flexibility index (Phi) is 3.77. The number of hydrazone groups is 1. The van der Waals surface area contributed by atoms with E-state index in [2.05, 4.69) is 15.5 Å². The monoisotopic (exact) mass is 277 g/mol. The van der Waals surface area contributed by atoms with E-state index in [0.717, 1.165) is 5.56 Å². The number of thiazole rings is 1. The van der Waals surface area contributed by atoms with E-state index in [9.17, 15) is 0 Å². The van der Waals surface area contributed by atoms with Crippen LogP contribution >= 0.6 is 22.9 Å². The van der Waals surface area contributed by atoms with E-state index in [-0.39, 0.29) is 0 Å². The Morgan fingerprint density at radius 2 is 2.39 bits per heavy atom. The predicted molar refractivity (Wildman–Crippen MR) is 73.9 cm³/mol. The minimum Gasteiger partial charge on any atom is -0.383 e. The molecule has 0 saturated heterocycles. The van der Waals surface area contributed by atoms with E-state index in [0.29, 0.717) is 21.5 Å². The summed E-state index contributed by atoms with van der Waals surface area (Å²) in [6.45, 7) is 0. The van der Waals surface area contributed by atoms with Crippen molar-refractivity contribution >= 4 is 40.1 Å². The molecule has 1 heterocycles. The molecule has 0 aliphatic carbocycles. The van der Waals surface area contributed by atoms with Crippen LogP contribution in [0.3, 0.4) is 0 Å². The number of benzene rings is 1. The molecule has 0 spiro atoms. The van der Waals surface area contributed by atoms with Gasteiger partial charge in [0.2, 0.25) is 5.13 Å². The normalized spacial score (nSPS) is 10.4. The minimum atomic E-state index is 0.403. The summed E-state index contributed by atoms with van der Waals surface area (Å²) in [7, 11) is 0. The summed E-state index contributed by atoms with van der Waals surface area (Å²) in [4.78, 5) is 3.99. The van der Waals surface area contributed by atoms with Gasteiger partial charge in [-0.3, -0.25) is 5.43 Å². The molecule has 0 unspecified atom stereocenters. The van der Waals surface area contributed by atoms with Crippen LogP contribution in [-0.2, 0) is 0 Å². The molecule has 2 rings (SSSR count). The fourth-order valence-electron chi connectivity index (χ4n) is 1.20. The molecule has 0 amide bonds. The van der Waals surface area contributed by atoms with Crippen molar-refractivity contribution in [3.63, 3.8) is 0 Å². The molecule has 0 bridgehead atoms. The van der Waals surface area contributed by atoms with E-state index in [1.807, 2.05) is 6.07 Å². The van der Waals surface area contributed by atoms with E-state index < -0.39 is 0 Å². The molecule has 2 aromatic rings. The maximum atomic E-state index is 8.74. The Labute approximate surface area is 113 Å². The summed E-state index contributed by atoms with van der Waals surface area (Å²) >= 11 is 7.26. The number of nitrogens with one attached hydrogen (secondary N) is 1.